The molecule has 14 heavy (non-hydrogen) atoms. The van der Waals surface area contributed by atoms with Gasteiger partial charge in [0.05, 0.1) is 12.7 Å². The Kier molecular flexibility index (Phi) is 2.96. The van der Waals surface area contributed by atoms with Crippen molar-refractivity contribution in [1.29, 1.82) is 0 Å². The lowest BCUT2D eigenvalue weighted by Gasteiger charge is -2.11. The van der Waals surface area contributed by atoms with E-state index in [4.69, 9.17) is 10.5 Å². The second-order valence-corrected chi connectivity index (χ2v) is 2.86. The van der Waals surface area contributed by atoms with E-state index in [0.717, 1.165) is 0 Å². The second-order valence-electron chi connectivity index (χ2n) is 2.86. The smallest absolute Gasteiger partial charge is 0.252 e. The van der Waals surface area contributed by atoms with E-state index in [2.05, 4.69) is 0 Å². The zero-order chi connectivity index (χ0) is 10.7. The van der Waals surface area contributed by atoms with Crippen molar-refractivity contribution in [2.24, 2.45) is 5.73 Å². The Hall–Kier alpha value is -1.71. The Morgan fingerprint density at radius 1 is 1.57 bits per heavy atom. The van der Waals surface area contributed by atoms with Gasteiger partial charge in [0.15, 0.2) is 0 Å². The highest BCUT2D eigenvalue weighted by Crippen LogP contribution is 2.29. The number of hydrogen-bond acceptors (Lipinski definition) is 3. The molecule has 0 aromatic heterocycles. The van der Waals surface area contributed by atoms with Crippen LogP contribution in [0.3, 0.4) is 0 Å². The molecule has 0 aliphatic heterocycles. The standard InChI is InChI=1S/C10H13NO3/c1-3-6-8(14-2)5-4-7(12)9(6)10(11)13/h4-5,12H,3H2,1-2H3,(H2,11,13). The van der Waals surface area contributed by atoms with Crippen molar-refractivity contribution in [3.63, 3.8) is 0 Å². The molecule has 0 heterocycles. The largest absolute Gasteiger partial charge is 0.507 e. The number of carbonyl (C=O) groups is 1. The van der Waals surface area contributed by atoms with Crippen molar-refractivity contribution in [3.8, 4) is 11.5 Å². The van der Waals surface area contributed by atoms with Crippen molar-refractivity contribution in [2.45, 2.75) is 13.3 Å². The summed E-state index contributed by atoms with van der Waals surface area (Å²) in [7, 11) is 1.51. The van der Waals surface area contributed by atoms with Crippen LogP contribution in [0.2, 0.25) is 0 Å². The maximum Gasteiger partial charge on any atom is 0.252 e. The van der Waals surface area contributed by atoms with Crippen LogP contribution in [0.5, 0.6) is 11.5 Å². The summed E-state index contributed by atoms with van der Waals surface area (Å²) in [5, 5.41) is 9.46. The first kappa shape index (κ1) is 10.4. The molecule has 1 amide bonds. The zero-order valence-corrected chi connectivity index (χ0v) is 8.20. The molecular weight excluding hydrogens is 182 g/mol. The van der Waals surface area contributed by atoms with Crippen LogP contribution in [0.4, 0.5) is 0 Å². The van der Waals surface area contributed by atoms with Crippen molar-refractivity contribution in [1.82, 2.24) is 0 Å². The summed E-state index contributed by atoms with van der Waals surface area (Å²) < 4.78 is 5.06. The molecular formula is C10H13NO3. The summed E-state index contributed by atoms with van der Waals surface area (Å²) in [6.45, 7) is 1.86. The van der Waals surface area contributed by atoms with E-state index in [0.29, 0.717) is 17.7 Å². The predicted molar refractivity (Wildman–Crippen MR) is 52.6 cm³/mol. The number of ether oxygens (including phenoxy) is 1. The summed E-state index contributed by atoms with van der Waals surface area (Å²) in [5.74, 6) is -0.174. The van der Waals surface area contributed by atoms with Crippen LogP contribution in [0.1, 0.15) is 22.8 Å². The number of nitrogens with two attached hydrogens (primary N) is 1. The number of hydrogen-bond donors (Lipinski definition) is 2. The van der Waals surface area contributed by atoms with Gasteiger partial charge < -0.3 is 15.6 Å². The first-order chi connectivity index (χ1) is 6.61. The van der Waals surface area contributed by atoms with Gasteiger partial charge in [-0.25, -0.2) is 0 Å². The van der Waals surface area contributed by atoms with Gasteiger partial charge in [0, 0.05) is 5.56 Å². The van der Waals surface area contributed by atoms with Crippen molar-refractivity contribution < 1.29 is 14.6 Å². The van der Waals surface area contributed by atoms with Gasteiger partial charge in [0.25, 0.3) is 5.91 Å². The fourth-order valence-corrected chi connectivity index (χ4v) is 1.43. The van der Waals surface area contributed by atoms with Crippen LogP contribution in [0.15, 0.2) is 12.1 Å². The van der Waals surface area contributed by atoms with Crippen LogP contribution in [-0.4, -0.2) is 18.1 Å². The van der Waals surface area contributed by atoms with Crippen LogP contribution >= 0.6 is 0 Å². The molecule has 4 nitrogen and oxygen atoms in total. The lowest BCUT2D eigenvalue weighted by atomic mass is 10.0. The first-order valence-electron chi connectivity index (χ1n) is 4.30. The minimum atomic E-state index is -0.641. The molecule has 3 N–H and O–H groups in total. The molecule has 0 spiro atoms. The van der Waals surface area contributed by atoms with Crippen molar-refractivity contribution >= 4 is 5.91 Å². The highest BCUT2D eigenvalue weighted by molar-refractivity contribution is 5.97. The molecule has 4 heteroatoms. The van der Waals surface area contributed by atoms with E-state index < -0.39 is 5.91 Å². The van der Waals surface area contributed by atoms with Gasteiger partial charge in [0.2, 0.25) is 0 Å². The average Bonchev–Trinajstić information content (AvgIpc) is 2.16. The van der Waals surface area contributed by atoms with Gasteiger partial charge >= 0.3 is 0 Å². The number of primary amides is 1. The van der Waals surface area contributed by atoms with Gasteiger partial charge in [-0.1, -0.05) is 6.92 Å². The highest BCUT2D eigenvalue weighted by atomic mass is 16.5. The van der Waals surface area contributed by atoms with E-state index >= 15 is 0 Å². The molecule has 0 atom stereocenters. The van der Waals surface area contributed by atoms with E-state index in [1.165, 1.54) is 13.2 Å². The highest BCUT2D eigenvalue weighted by Gasteiger charge is 2.16. The number of methoxy groups -OCH3 is 1. The van der Waals surface area contributed by atoms with Gasteiger partial charge in [-0.3, -0.25) is 4.79 Å². The third kappa shape index (κ3) is 1.64. The number of carbonyl (C=O) groups excluding carboxylic acids is 1. The lowest BCUT2D eigenvalue weighted by Crippen LogP contribution is -2.14. The van der Waals surface area contributed by atoms with Crippen molar-refractivity contribution in [2.75, 3.05) is 7.11 Å². The Morgan fingerprint density at radius 3 is 2.64 bits per heavy atom. The molecule has 0 saturated carbocycles. The van der Waals surface area contributed by atoms with E-state index in [1.54, 1.807) is 6.07 Å². The van der Waals surface area contributed by atoms with Crippen LogP contribution in [0.25, 0.3) is 0 Å². The number of amides is 1. The number of aromatic hydroxyl groups is 1. The molecule has 1 aromatic carbocycles. The monoisotopic (exact) mass is 195 g/mol. The molecule has 76 valence electrons. The van der Waals surface area contributed by atoms with Crippen LogP contribution in [-0.2, 0) is 6.42 Å². The van der Waals surface area contributed by atoms with E-state index in [1.807, 2.05) is 6.92 Å². The Bertz CT molecular complexity index is 361. The Morgan fingerprint density at radius 2 is 2.21 bits per heavy atom. The summed E-state index contributed by atoms with van der Waals surface area (Å²) in [5.41, 5.74) is 5.94. The van der Waals surface area contributed by atoms with E-state index in [9.17, 15) is 9.90 Å². The normalized spacial score (nSPS) is 9.86. The summed E-state index contributed by atoms with van der Waals surface area (Å²) >= 11 is 0. The topological polar surface area (TPSA) is 72.6 Å². The number of phenols is 1. The first-order valence-corrected chi connectivity index (χ1v) is 4.30. The molecule has 1 rings (SSSR count). The average molecular weight is 195 g/mol. The Balaban J connectivity index is 3.42. The quantitative estimate of drug-likeness (QED) is 0.757. The third-order valence-corrected chi connectivity index (χ3v) is 2.07. The summed E-state index contributed by atoms with van der Waals surface area (Å²) in [4.78, 5) is 11.1. The molecule has 0 fully saturated rings. The minimum Gasteiger partial charge on any atom is -0.507 e. The predicted octanol–water partition coefficient (Wildman–Crippen LogP) is 1.06. The number of benzene rings is 1. The lowest BCUT2D eigenvalue weighted by molar-refractivity contribution is 0.0996. The third-order valence-electron chi connectivity index (χ3n) is 2.07. The molecule has 0 aliphatic carbocycles. The maximum atomic E-state index is 11.1. The molecule has 0 aliphatic rings. The fourth-order valence-electron chi connectivity index (χ4n) is 1.43. The molecule has 0 radical (unpaired) electrons. The van der Waals surface area contributed by atoms with Crippen LogP contribution in [0, 0.1) is 0 Å². The molecule has 0 unspecified atom stereocenters. The fraction of sp³-hybridized carbons (Fsp3) is 0.300. The van der Waals surface area contributed by atoms with Gasteiger partial charge in [-0.15, -0.1) is 0 Å². The SMILES string of the molecule is CCc1c(OC)ccc(O)c1C(N)=O. The molecule has 0 bridgehead atoms. The minimum absolute atomic E-state index is 0.102. The van der Waals surface area contributed by atoms with Crippen molar-refractivity contribution in [3.05, 3.63) is 23.3 Å². The van der Waals surface area contributed by atoms with Crippen LogP contribution < -0.4 is 10.5 Å². The molecule has 0 saturated heterocycles. The van der Waals surface area contributed by atoms with E-state index in [-0.39, 0.29) is 11.3 Å². The summed E-state index contributed by atoms with van der Waals surface area (Å²) in [6.07, 6.45) is 0.579. The summed E-state index contributed by atoms with van der Waals surface area (Å²) in [6, 6.07) is 3.01. The Labute approximate surface area is 82.3 Å². The zero-order valence-electron chi connectivity index (χ0n) is 8.20. The number of rotatable bonds is 3. The molecule has 1 aromatic rings. The second kappa shape index (κ2) is 4.00. The van der Waals surface area contributed by atoms with Gasteiger partial charge in [0.1, 0.15) is 11.5 Å². The van der Waals surface area contributed by atoms with Gasteiger partial charge in [-0.2, -0.15) is 0 Å². The van der Waals surface area contributed by atoms with Gasteiger partial charge in [-0.05, 0) is 18.6 Å². The maximum absolute atomic E-state index is 11.1.